The van der Waals surface area contributed by atoms with Gasteiger partial charge in [0.1, 0.15) is 5.82 Å². The molecule has 3 aromatic rings. The number of hydrogen-bond donors (Lipinski definition) is 1. The van der Waals surface area contributed by atoms with Crippen LogP contribution in [0.4, 0.5) is 4.39 Å². The molecule has 1 heterocycles. The molecule has 2 aromatic carbocycles. The highest BCUT2D eigenvalue weighted by atomic mass is 32.1. The molecule has 0 aliphatic rings. The van der Waals surface area contributed by atoms with Gasteiger partial charge in [-0.1, -0.05) is 24.3 Å². The smallest absolute Gasteiger partial charge is 0.280 e. The second-order valence-electron chi connectivity index (χ2n) is 4.30. The quantitative estimate of drug-likeness (QED) is 0.802. The highest BCUT2D eigenvalue weighted by Gasteiger charge is 2.11. The van der Waals surface area contributed by atoms with Gasteiger partial charge in [-0.25, -0.2) is 9.37 Å². The Morgan fingerprint density at radius 3 is 2.85 bits per heavy atom. The van der Waals surface area contributed by atoms with Crippen LogP contribution in [0.1, 0.15) is 15.4 Å². The maximum Gasteiger partial charge on any atom is 0.280 e. The first kappa shape index (κ1) is 12.7. The first-order valence-electron chi connectivity index (χ1n) is 6.10. The van der Waals surface area contributed by atoms with Crippen molar-refractivity contribution in [1.29, 1.82) is 0 Å². The lowest BCUT2D eigenvalue weighted by molar-refractivity contribution is 0.0950. The van der Waals surface area contributed by atoms with Crippen molar-refractivity contribution >= 4 is 27.5 Å². The molecule has 1 N–H and O–H groups in total. The third-order valence-electron chi connectivity index (χ3n) is 2.83. The first-order valence-corrected chi connectivity index (χ1v) is 6.92. The number of carbonyl (C=O) groups excluding carboxylic acids is 1. The lowest BCUT2D eigenvalue weighted by atomic mass is 10.2. The van der Waals surface area contributed by atoms with Crippen LogP contribution in [0.2, 0.25) is 0 Å². The second kappa shape index (κ2) is 5.38. The predicted octanol–water partition coefficient (Wildman–Crippen LogP) is 3.37. The molecule has 0 aliphatic carbocycles. The van der Waals surface area contributed by atoms with E-state index >= 15 is 0 Å². The van der Waals surface area contributed by atoms with Gasteiger partial charge in [0.25, 0.3) is 5.91 Å². The van der Waals surface area contributed by atoms with E-state index in [1.165, 1.54) is 23.5 Å². The van der Waals surface area contributed by atoms with Gasteiger partial charge in [0.15, 0.2) is 5.01 Å². The number of para-hydroxylation sites is 1. The highest BCUT2D eigenvalue weighted by molar-refractivity contribution is 7.20. The topological polar surface area (TPSA) is 42.0 Å². The van der Waals surface area contributed by atoms with E-state index in [-0.39, 0.29) is 18.3 Å². The van der Waals surface area contributed by atoms with Crippen molar-refractivity contribution < 1.29 is 9.18 Å². The summed E-state index contributed by atoms with van der Waals surface area (Å²) in [5.41, 5.74) is 1.54. The van der Waals surface area contributed by atoms with Gasteiger partial charge in [0, 0.05) is 6.54 Å². The summed E-state index contributed by atoms with van der Waals surface area (Å²) in [6.07, 6.45) is 0. The average molecular weight is 286 g/mol. The Labute approximate surface area is 119 Å². The number of nitrogens with zero attached hydrogens (tertiary/aromatic N) is 1. The second-order valence-corrected chi connectivity index (χ2v) is 5.33. The van der Waals surface area contributed by atoms with E-state index in [0.29, 0.717) is 5.01 Å². The third kappa shape index (κ3) is 2.67. The van der Waals surface area contributed by atoms with Gasteiger partial charge in [-0.2, -0.15) is 0 Å². The lowest BCUT2D eigenvalue weighted by Crippen LogP contribution is -2.22. The third-order valence-corrected chi connectivity index (χ3v) is 3.87. The molecule has 3 nitrogen and oxygen atoms in total. The Hall–Kier alpha value is -2.27. The number of nitrogens with one attached hydrogen (secondary N) is 1. The summed E-state index contributed by atoms with van der Waals surface area (Å²) in [5, 5.41) is 3.16. The fraction of sp³-hybridized carbons (Fsp3) is 0.0667. The summed E-state index contributed by atoms with van der Waals surface area (Å²) in [6, 6.07) is 13.8. The van der Waals surface area contributed by atoms with Gasteiger partial charge in [-0.05, 0) is 29.8 Å². The SMILES string of the molecule is O=C(NCc1cccc(F)c1)c1nc2ccccc2s1. The summed E-state index contributed by atoms with van der Waals surface area (Å²) in [4.78, 5) is 16.3. The highest BCUT2D eigenvalue weighted by Crippen LogP contribution is 2.21. The summed E-state index contributed by atoms with van der Waals surface area (Å²) < 4.78 is 14.0. The molecule has 0 radical (unpaired) electrons. The van der Waals surface area contributed by atoms with Crippen LogP contribution in [0.3, 0.4) is 0 Å². The van der Waals surface area contributed by atoms with Gasteiger partial charge in [-0.3, -0.25) is 4.79 Å². The summed E-state index contributed by atoms with van der Waals surface area (Å²) in [7, 11) is 0. The number of thiazole rings is 1. The molecule has 5 heteroatoms. The minimum Gasteiger partial charge on any atom is -0.346 e. The molecule has 100 valence electrons. The zero-order chi connectivity index (χ0) is 13.9. The van der Waals surface area contributed by atoms with Gasteiger partial charge in [0.2, 0.25) is 0 Å². The molecule has 1 amide bonds. The molecule has 0 unspecified atom stereocenters. The van der Waals surface area contributed by atoms with Crippen LogP contribution >= 0.6 is 11.3 Å². The number of halogens is 1. The standard InChI is InChI=1S/C15H11FN2OS/c16-11-5-3-4-10(8-11)9-17-14(19)15-18-12-6-1-2-7-13(12)20-15/h1-8H,9H2,(H,17,19). The van der Waals surface area contributed by atoms with Crippen molar-refractivity contribution in [2.75, 3.05) is 0 Å². The molecule has 0 atom stereocenters. The number of benzene rings is 2. The number of carbonyl (C=O) groups is 1. The minimum absolute atomic E-state index is 0.240. The van der Waals surface area contributed by atoms with Crippen LogP contribution in [0.5, 0.6) is 0 Å². The van der Waals surface area contributed by atoms with Crippen LogP contribution in [0.25, 0.3) is 10.2 Å². The van der Waals surface area contributed by atoms with E-state index in [4.69, 9.17) is 0 Å². The molecule has 0 aliphatic heterocycles. The molecule has 0 saturated carbocycles. The van der Waals surface area contributed by atoms with Crippen molar-refractivity contribution in [2.24, 2.45) is 0 Å². The van der Waals surface area contributed by atoms with Crippen LogP contribution < -0.4 is 5.32 Å². The molecular weight excluding hydrogens is 275 g/mol. The Bertz CT molecular complexity index is 736. The number of aromatic nitrogens is 1. The zero-order valence-corrected chi connectivity index (χ0v) is 11.3. The predicted molar refractivity (Wildman–Crippen MR) is 77.2 cm³/mol. The monoisotopic (exact) mass is 286 g/mol. The van der Waals surface area contributed by atoms with Crippen molar-refractivity contribution in [3.8, 4) is 0 Å². The van der Waals surface area contributed by atoms with Gasteiger partial charge >= 0.3 is 0 Å². The number of amides is 1. The lowest BCUT2D eigenvalue weighted by Gasteiger charge is -2.03. The molecule has 0 spiro atoms. The van der Waals surface area contributed by atoms with E-state index in [1.54, 1.807) is 12.1 Å². The molecule has 0 bridgehead atoms. The summed E-state index contributed by atoms with van der Waals surface area (Å²) >= 11 is 1.35. The van der Waals surface area contributed by atoms with Crippen molar-refractivity contribution in [3.05, 3.63) is 64.9 Å². The van der Waals surface area contributed by atoms with E-state index in [0.717, 1.165) is 15.8 Å². The van der Waals surface area contributed by atoms with Crippen LogP contribution in [-0.4, -0.2) is 10.9 Å². The fourth-order valence-corrected chi connectivity index (χ4v) is 2.76. The van der Waals surface area contributed by atoms with E-state index in [1.807, 2.05) is 24.3 Å². The maximum atomic E-state index is 13.0. The molecule has 20 heavy (non-hydrogen) atoms. The normalized spacial score (nSPS) is 10.7. The molecule has 3 rings (SSSR count). The Morgan fingerprint density at radius 2 is 2.05 bits per heavy atom. The number of hydrogen-bond acceptors (Lipinski definition) is 3. The van der Waals surface area contributed by atoms with Crippen molar-refractivity contribution in [2.45, 2.75) is 6.54 Å². The van der Waals surface area contributed by atoms with Crippen LogP contribution in [-0.2, 0) is 6.54 Å². The zero-order valence-electron chi connectivity index (χ0n) is 10.5. The van der Waals surface area contributed by atoms with Crippen LogP contribution in [0.15, 0.2) is 48.5 Å². The van der Waals surface area contributed by atoms with Crippen molar-refractivity contribution in [3.63, 3.8) is 0 Å². The Morgan fingerprint density at radius 1 is 1.20 bits per heavy atom. The molecular formula is C15H11FN2OS. The average Bonchev–Trinajstić information content (AvgIpc) is 2.89. The summed E-state index contributed by atoms with van der Waals surface area (Å²) in [5.74, 6) is -0.549. The maximum absolute atomic E-state index is 13.0. The molecule has 1 aromatic heterocycles. The molecule has 0 fully saturated rings. The summed E-state index contributed by atoms with van der Waals surface area (Å²) in [6.45, 7) is 0.284. The van der Waals surface area contributed by atoms with Crippen LogP contribution in [0, 0.1) is 5.82 Å². The number of fused-ring (bicyclic) bond motifs is 1. The van der Waals surface area contributed by atoms with E-state index < -0.39 is 0 Å². The van der Waals surface area contributed by atoms with Gasteiger partial charge in [0.05, 0.1) is 10.2 Å². The Kier molecular flexibility index (Phi) is 3.43. The van der Waals surface area contributed by atoms with E-state index in [9.17, 15) is 9.18 Å². The Balaban J connectivity index is 1.73. The van der Waals surface area contributed by atoms with Gasteiger partial charge < -0.3 is 5.32 Å². The first-order chi connectivity index (χ1) is 9.72. The molecule has 0 saturated heterocycles. The number of rotatable bonds is 3. The van der Waals surface area contributed by atoms with E-state index in [2.05, 4.69) is 10.3 Å². The largest absolute Gasteiger partial charge is 0.346 e. The van der Waals surface area contributed by atoms with Crippen molar-refractivity contribution in [1.82, 2.24) is 10.3 Å². The fourth-order valence-electron chi connectivity index (χ4n) is 1.87. The minimum atomic E-state index is -0.309. The van der Waals surface area contributed by atoms with Gasteiger partial charge in [-0.15, -0.1) is 11.3 Å².